The molecule has 9 atom stereocenters. The quantitative estimate of drug-likeness (QED) is 0.143. The van der Waals surface area contributed by atoms with E-state index in [9.17, 15) is 39.9 Å². The fourth-order valence-corrected chi connectivity index (χ4v) is 6.65. The third kappa shape index (κ3) is 7.03. The zero-order valence-electron chi connectivity index (χ0n) is 29.7. The molecule has 0 saturated carbocycles. The van der Waals surface area contributed by atoms with Gasteiger partial charge in [0.05, 0.1) is 41.2 Å². The number of carbonyl (C=O) groups excluding carboxylic acids is 3. The summed E-state index contributed by atoms with van der Waals surface area (Å²) in [4.78, 5) is 39.2. The lowest BCUT2D eigenvalue weighted by molar-refractivity contribution is -0.160. The summed E-state index contributed by atoms with van der Waals surface area (Å²) in [6, 6.07) is 1.06. The smallest absolute Gasteiger partial charge is 0.312 e. The van der Waals surface area contributed by atoms with Crippen molar-refractivity contribution in [3.63, 3.8) is 0 Å². The van der Waals surface area contributed by atoms with E-state index in [2.05, 4.69) is 5.32 Å². The maximum atomic E-state index is 13.9. The molecule has 3 aliphatic heterocycles. The minimum atomic E-state index is -1.98. The number of methoxy groups -OCH3 is 1. The second kappa shape index (κ2) is 14.7. The van der Waals surface area contributed by atoms with Gasteiger partial charge in [0.15, 0.2) is 5.75 Å². The lowest BCUT2D eigenvalue weighted by Crippen LogP contribution is -2.46. The highest BCUT2D eigenvalue weighted by Crippen LogP contribution is 2.53. The molecule has 272 valence electrons. The number of aromatic hydroxyl groups is 3. The highest BCUT2D eigenvalue weighted by molar-refractivity contribution is 6.21. The van der Waals surface area contributed by atoms with E-state index in [0.717, 1.165) is 6.07 Å². The number of benzene rings is 2. The summed E-state index contributed by atoms with van der Waals surface area (Å²) >= 11 is 0. The highest BCUT2D eigenvalue weighted by Gasteiger charge is 2.49. The first kappa shape index (κ1) is 38.2. The van der Waals surface area contributed by atoms with Crippen LogP contribution in [0.15, 0.2) is 42.2 Å². The minimum absolute atomic E-state index is 0.0709. The van der Waals surface area contributed by atoms with Crippen LogP contribution in [0.25, 0.3) is 10.8 Å². The Morgan fingerprint density at radius 2 is 1.60 bits per heavy atom. The van der Waals surface area contributed by atoms with Crippen LogP contribution in [0.2, 0.25) is 0 Å². The number of ether oxygens (including phenoxy) is 4. The molecule has 5 bridgehead atoms. The van der Waals surface area contributed by atoms with E-state index in [4.69, 9.17) is 18.9 Å². The Bertz CT molecular complexity index is 1760. The van der Waals surface area contributed by atoms with E-state index < -0.39 is 88.8 Å². The summed E-state index contributed by atoms with van der Waals surface area (Å²) in [5.74, 6) is -7.99. The molecule has 2 aromatic rings. The number of anilines is 1. The average molecular weight is 698 g/mol. The van der Waals surface area contributed by atoms with Crippen molar-refractivity contribution in [3.8, 4) is 23.0 Å². The number of carbonyl (C=O) groups is 3. The van der Waals surface area contributed by atoms with E-state index in [-0.39, 0.29) is 38.9 Å². The van der Waals surface area contributed by atoms with Crippen LogP contribution in [0.1, 0.15) is 64.4 Å². The standard InChI is InChI=1S/C37H47NO12/c1-16-11-10-12-17(2)36(46)38-23-15-24(40)26-27(32(23)44)31(43)21(6)34-28(26)35(45)37(8,50-34)48-14-13-25(47-9)18(3)33(49-22(7)39)20(5)30(42)19(4)29(16)41/h10-16,18-20,25,29-30,33,40-44H,1-9H3,(H,38,46)/b11-10+,14-13+,17-12-/t16-,18-,19-,20+,25+,29-,30+,33-,37+/m1/s1. The summed E-state index contributed by atoms with van der Waals surface area (Å²) in [5, 5.41) is 58.2. The van der Waals surface area contributed by atoms with Gasteiger partial charge in [-0.1, -0.05) is 45.9 Å². The van der Waals surface area contributed by atoms with Gasteiger partial charge in [0.2, 0.25) is 0 Å². The van der Waals surface area contributed by atoms with Gasteiger partial charge in [0.1, 0.15) is 23.4 Å². The molecule has 50 heavy (non-hydrogen) atoms. The van der Waals surface area contributed by atoms with Crippen LogP contribution in [-0.2, 0) is 23.8 Å². The molecule has 0 spiro atoms. The number of fused-ring (bicyclic) bond motifs is 14. The molecule has 3 heterocycles. The lowest BCUT2D eigenvalue weighted by atomic mass is 9.78. The van der Waals surface area contributed by atoms with Crippen LogP contribution in [0.3, 0.4) is 0 Å². The van der Waals surface area contributed by atoms with Crippen molar-refractivity contribution in [2.75, 3.05) is 12.4 Å². The van der Waals surface area contributed by atoms with Crippen molar-refractivity contribution in [2.24, 2.45) is 23.7 Å². The van der Waals surface area contributed by atoms with Crippen molar-refractivity contribution in [1.82, 2.24) is 0 Å². The second-order valence-corrected chi connectivity index (χ2v) is 13.4. The number of rotatable bonds is 2. The lowest BCUT2D eigenvalue weighted by Gasteiger charge is -2.38. The second-order valence-electron chi connectivity index (χ2n) is 13.4. The summed E-state index contributed by atoms with van der Waals surface area (Å²) in [5.41, 5.74) is -0.0929. The Morgan fingerprint density at radius 1 is 0.940 bits per heavy atom. The number of phenolic OH excluding ortho intramolecular Hbond substituents is 3. The first-order valence-corrected chi connectivity index (χ1v) is 16.4. The van der Waals surface area contributed by atoms with Gasteiger partial charge in [0.25, 0.3) is 11.7 Å². The predicted octanol–water partition coefficient (Wildman–Crippen LogP) is 4.75. The van der Waals surface area contributed by atoms with Gasteiger partial charge in [-0.15, -0.1) is 0 Å². The molecule has 1 amide bonds. The number of amides is 1. The Kier molecular flexibility index (Phi) is 11.2. The molecule has 5 rings (SSSR count). The van der Waals surface area contributed by atoms with Crippen molar-refractivity contribution in [1.29, 1.82) is 0 Å². The summed E-state index contributed by atoms with van der Waals surface area (Å²) in [6.45, 7) is 12.5. The number of Topliss-reactive ketones (excluding diaryl/α,β-unsaturated/α-hetero) is 1. The van der Waals surface area contributed by atoms with Gasteiger partial charge < -0.3 is 49.8 Å². The van der Waals surface area contributed by atoms with E-state index in [1.165, 1.54) is 53.2 Å². The average Bonchev–Trinajstić information content (AvgIpc) is 3.33. The van der Waals surface area contributed by atoms with Crippen molar-refractivity contribution in [3.05, 3.63) is 53.3 Å². The largest absolute Gasteiger partial charge is 0.507 e. The number of phenols is 3. The number of aliphatic hydroxyl groups is 2. The van der Waals surface area contributed by atoms with Crippen LogP contribution in [-0.4, -0.2) is 80.5 Å². The fraction of sp³-hybridized carbons (Fsp3) is 0.486. The minimum Gasteiger partial charge on any atom is -0.507 e. The van der Waals surface area contributed by atoms with Crippen LogP contribution in [0, 0.1) is 30.6 Å². The number of allylic oxidation sites excluding steroid dienone is 2. The van der Waals surface area contributed by atoms with Crippen LogP contribution < -0.4 is 10.1 Å². The molecular weight excluding hydrogens is 650 g/mol. The number of nitrogens with one attached hydrogen (secondary N) is 1. The Labute approximate surface area is 290 Å². The molecule has 0 saturated heterocycles. The van der Waals surface area contributed by atoms with E-state index in [1.54, 1.807) is 39.8 Å². The summed E-state index contributed by atoms with van der Waals surface area (Å²) < 4.78 is 23.2. The topological polar surface area (TPSA) is 201 Å². The molecule has 0 unspecified atom stereocenters. The van der Waals surface area contributed by atoms with Gasteiger partial charge in [0, 0.05) is 67.2 Å². The first-order chi connectivity index (χ1) is 23.4. The maximum Gasteiger partial charge on any atom is 0.312 e. The number of aliphatic hydroxyl groups excluding tert-OH is 2. The number of hydrogen-bond acceptors (Lipinski definition) is 12. The third-order valence-corrected chi connectivity index (χ3v) is 9.84. The van der Waals surface area contributed by atoms with Crippen molar-refractivity contribution in [2.45, 2.75) is 85.6 Å². The van der Waals surface area contributed by atoms with Crippen molar-refractivity contribution < 1.29 is 58.9 Å². The zero-order chi connectivity index (χ0) is 37.4. The fourth-order valence-electron chi connectivity index (χ4n) is 6.65. The Morgan fingerprint density at radius 3 is 2.22 bits per heavy atom. The monoisotopic (exact) mass is 697 g/mol. The summed E-state index contributed by atoms with van der Waals surface area (Å²) in [6.07, 6.45) is 3.62. The Hall–Kier alpha value is -4.59. The molecule has 0 fully saturated rings. The maximum absolute atomic E-state index is 13.9. The number of hydrogen-bond donors (Lipinski definition) is 6. The van der Waals surface area contributed by atoms with Gasteiger partial charge >= 0.3 is 11.8 Å². The highest BCUT2D eigenvalue weighted by atomic mass is 16.7. The molecule has 2 aromatic carbocycles. The molecule has 13 heteroatoms. The SMILES string of the molecule is CO[C@H]1/C=C/O[C@@]2(C)Oc3c(C)c(O)c4c(O)c(cc(O)c4c3C2=O)NC(=O)/C(C)=C\C=C\[C@@H](C)[C@@H](O)[C@@H](C)[C@H](O)[C@H](C)[C@H](OC(C)=O)[C@@H]1C. The zero-order valence-corrected chi connectivity index (χ0v) is 29.7. The van der Waals surface area contributed by atoms with Crippen LogP contribution >= 0.6 is 0 Å². The van der Waals surface area contributed by atoms with Gasteiger partial charge in [-0.2, -0.15) is 0 Å². The predicted molar refractivity (Wildman–Crippen MR) is 184 cm³/mol. The molecule has 0 radical (unpaired) electrons. The molecule has 13 nitrogen and oxygen atoms in total. The van der Waals surface area contributed by atoms with Crippen molar-refractivity contribution >= 4 is 34.1 Å². The molecule has 3 aliphatic rings. The van der Waals surface area contributed by atoms with Gasteiger partial charge in [-0.25, -0.2) is 0 Å². The van der Waals surface area contributed by atoms with Crippen LogP contribution in [0.4, 0.5) is 5.69 Å². The van der Waals surface area contributed by atoms with E-state index >= 15 is 0 Å². The number of ketones is 1. The van der Waals surface area contributed by atoms with Gasteiger partial charge in [-0.05, 0) is 19.9 Å². The molecular formula is C37H47NO12. The first-order valence-electron chi connectivity index (χ1n) is 16.4. The van der Waals surface area contributed by atoms with Crippen LogP contribution in [0.5, 0.6) is 23.0 Å². The van der Waals surface area contributed by atoms with E-state index in [0.29, 0.717) is 0 Å². The van der Waals surface area contributed by atoms with Gasteiger partial charge in [-0.3, -0.25) is 14.4 Å². The normalized spacial score (nSPS) is 33.2. The molecule has 0 aromatic heterocycles. The molecule has 6 N–H and O–H groups in total. The Balaban J connectivity index is 1.87. The third-order valence-electron chi connectivity index (χ3n) is 9.84. The molecule has 0 aliphatic carbocycles. The summed E-state index contributed by atoms with van der Waals surface area (Å²) in [7, 11) is 1.43. The number of esters is 1. The van der Waals surface area contributed by atoms with E-state index in [1.807, 2.05) is 0 Å².